The highest BCUT2D eigenvalue weighted by Gasteiger charge is 2.00. The monoisotopic (exact) mass is 300 g/mol. The van der Waals surface area contributed by atoms with E-state index in [0.717, 1.165) is 12.1 Å². The molecule has 2 rings (SSSR count). The Bertz CT molecular complexity index is 608. The number of para-hydroxylation sites is 1. The van der Waals surface area contributed by atoms with Crippen LogP contribution in [0.25, 0.3) is 11.8 Å². The van der Waals surface area contributed by atoms with Crippen LogP contribution in [0.4, 0.5) is 0 Å². The largest absolute Gasteiger partial charge is 0.382 e. The van der Waals surface area contributed by atoms with E-state index in [0.29, 0.717) is 25.5 Å². The van der Waals surface area contributed by atoms with Gasteiger partial charge >= 0.3 is 0 Å². The van der Waals surface area contributed by atoms with Crippen LogP contribution in [0, 0.1) is 0 Å². The second kappa shape index (κ2) is 8.74. The molecule has 0 aliphatic rings. The van der Waals surface area contributed by atoms with Crippen LogP contribution >= 0.6 is 0 Å². The highest BCUT2D eigenvalue weighted by molar-refractivity contribution is 5.91. The van der Waals surface area contributed by atoms with Gasteiger partial charge in [-0.1, -0.05) is 18.2 Å². The molecule has 2 aromatic rings. The molecule has 22 heavy (non-hydrogen) atoms. The van der Waals surface area contributed by atoms with Gasteiger partial charge < -0.3 is 10.1 Å². The third-order valence-corrected chi connectivity index (χ3v) is 2.87. The van der Waals surface area contributed by atoms with E-state index in [4.69, 9.17) is 4.74 Å². The zero-order valence-corrected chi connectivity index (χ0v) is 12.6. The Hall–Kier alpha value is -2.47. The Balaban J connectivity index is 1.81. The molecule has 0 spiro atoms. The molecule has 116 valence electrons. The fourth-order valence-electron chi connectivity index (χ4n) is 1.79. The van der Waals surface area contributed by atoms with Crippen LogP contribution in [-0.2, 0) is 9.53 Å². The predicted molar refractivity (Wildman–Crippen MR) is 84.5 cm³/mol. The van der Waals surface area contributed by atoms with Gasteiger partial charge in [-0.15, -0.1) is 5.10 Å². The second-order valence-electron chi connectivity index (χ2n) is 4.57. The van der Waals surface area contributed by atoms with Crippen LogP contribution in [0.3, 0.4) is 0 Å². The van der Waals surface area contributed by atoms with Crippen LogP contribution in [-0.4, -0.2) is 40.7 Å². The molecule has 0 atom stereocenters. The lowest BCUT2D eigenvalue weighted by Gasteiger charge is -2.01. The summed E-state index contributed by atoms with van der Waals surface area (Å²) < 4.78 is 5.20. The third kappa shape index (κ3) is 5.14. The molecule has 0 saturated heterocycles. The van der Waals surface area contributed by atoms with E-state index >= 15 is 0 Å². The molecule has 0 fully saturated rings. The summed E-state index contributed by atoms with van der Waals surface area (Å²) in [5.41, 5.74) is 1.51. The van der Waals surface area contributed by atoms with Crippen LogP contribution in [0.2, 0.25) is 0 Å². The average Bonchev–Trinajstić information content (AvgIpc) is 3.02. The number of carbonyl (C=O) groups is 1. The summed E-state index contributed by atoms with van der Waals surface area (Å²) >= 11 is 0. The van der Waals surface area contributed by atoms with E-state index in [9.17, 15) is 4.79 Å². The van der Waals surface area contributed by atoms with Crippen LogP contribution in [0.5, 0.6) is 0 Å². The molecule has 0 unspecified atom stereocenters. The molecule has 0 aliphatic carbocycles. The van der Waals surface area contributed by atoms with Gasteiger partial charge in [-0.25, -0.2) is 0 Å². The summed E-state index contributed by atoms with van der Waals surface area (Å²) in [6.45, 7) is 3.90. The quantitative estimate of drug-likeness (QED) is 0.596. The zero-order valence-electron chi connectivity index (χ0n) is 12.6. The smallest absolute Gasteiger partial charge is 0.244 e. The van der Waals surface area contributed by atoms with Crippen molar-refractivity contribution in [1.29, 1.82) is 0 Å². The van der Waals surface area contributed by atoms with Gasteiger partial charge in [0.2, 0.25) is 5.91 Å². The van der Waals surface area contributed by atoms with E-state index in [1.807, 2.05) is 37.3 Å². The predicted octanol–water partition coefficient (Wildman–Crippen LogP) is 1.82. The molecule has 0 bridgehead atoms. The van der Waals surface area contributed by atoms with E-state index in [1.54, 1.807) is 12.3 Å². The number of hydrogen-bond acceptors (Lipinski definition) is 4. The third-order valence-electron chi connectivity index (χ3n) is 2.87. The molecule has 6 nitrogen and oxygen atoms in total. The molecule has 0 radical (unpaired) electrons. The van der Waals surface area contributed by atoms with Crippen molar-refractivity contribution in [1.82, 2.24) is 20.3 Å². The Morgan fingerprint density at radius 2 is 2.18 bits per heavy atom. The fourth-order valence-corrected chi connectivity index (χ4v) is 1.79. The lowest BCUT2D eigenvalue weighted by molar-refractivity contribution is -0.116. The molecule has 1 heterocycles. The van der Waals surface area contributed by atoms with Gasteiger partial charge in [-0.3, -0.25) is 4.79 Å². The highest BCUT2D eigenvalue weighted by atomic mass is 16.5. The minimum Gasteiger partial charge on any atom is -0.382 e. The first-order valence-electron chi connectivity index (χ1n) is 7.31. The molecular weight excluding hydrogens is 280 g/mol. The van der Waals surface area contributed by atoms with Gasteiger partial charge in [0.15, 0.2) is 0 Å². The van der Waals surface area contributed by atoms with E-state index in [-0.39, 0.29) is 5.91 Å². The van der Waals surface area contributed by atoms with Gasteiger partial charge in [0.25, 0.3) is 0 Å². The van der Waals surface area contributed by atoms with Gasteiger partial charge in [0.1, 0.15) is 5.69 Å². The summed E-state index contributed by atoms with van der Waals surface area (Å²) in [6, 6.07) is 9.61. The van der Waals surface area contributed by atoms with Crippen molar-refractivity contribution < 1.29 is 9.53 Å². The fraction of sp³-hybridized carbons (Fsp3) is 0.312. The minimum atomic E-state index is -0.147. The number of ether oxygens (including phenoxy) is 1. The summed E-state index contributed by atoms with van der Waals surface area (Å²) in [5.74, 6) is -0.147. The van der Waals surface area contributed by atoms with Crippen LogP contribution in [0.1, 0.15) is 19.0 Å². The number of aromatic nitrogens is 3. The number of nitrogens with one attached hydrogen (secondary N) is 1. The maximum absolute atomic E-state index is 11.6. The summed E-state index contributed by atoms with van der Waals surface area (Å²) in [7, 11) is 0. The minimum absolute atomic E-state index is 0.147. The molecule has 1 aromatic carbocycles. The lowest BCUT2D eigenvalue weighted by Crippen LogP contribution is -2.23. The molecule has 0 aliphatic heterocycles. The number of nitrogens with zero attached hydrogens (tertiary/aromatic N) is 3. The van der Waals surface area contributed by atoms with Crippen molar-refractivity contribution in [2.75, 3.05) is 19.8 Å². The van der Waals surface area contributed by atoms with Crippen molar-refractivity contribution in [3.05, 3.63) is 48.3 Å². The number of rotatable bonds is 8. The molecule has 1 aromatic heterocycles. The van der Waals surface area contributed by atoms with Crippen molar-refractivity contribution in [2.24, 2.45) is 0 Å². The van der Waals surface area contributed by atoms with Crippen molar-refractivity contribution in [3.8, 4) is 5.69 Å². The van der Waals surface area contributed by atoms with E-state index in [2.05, 4.69) is 15.5 Å². The van der Waals surface area contributed by atoms with Crippen molar-refractivity contribution >= 4 is 12.0 Å². The standard InChI is InChI=1S/C16H20N4O2/c1-2-22-12-6-11-17-16(21)10-9-14-13-18-20(19-14)15-7-4-3-5-8-15/h3-5,7-10,13H,2,6,11-12H2,1H3,(H,17,21)/b10-9+. The first kappa shape index (κ1) is 15.9. The average molecular weight is 300 g/mol. The van der Waals surface area contributed by atoms with Gasteiger partial charge in [-0.2, -0.15) is 9.90 Å². The zero-order chi connectivity index (χ0) is 15.6. The number of hydrogen-bond donors (Lipinski definition) is 1. The van der Waals surface area contributed by atoms with Gasteiger partial charge in [-0.05, 0) is 31.6 Å². The van der Waals surface area contributed by atoms with E-state index in [1.165, 1.54) is 10.9 Å². The van der Waals surface area contributed by atoms with E-state index < -0.39 is 0 Å². The summed E-state index contributed by atoms with van der Waals surface area (Å²) in [4.78, 5) is 13.2. The maximum atomic E-state index is 11.6. The SMILES string of the molecule is CCOCCCNC(=O)/C=C/c1cnn(-c2ccccc2)n1. The van der Waals surface area contributed by atoms with Gasteiger partial charge in [0.05, 0.1) is 11.9 Å². The molecule has 1 amide bonds. The Morgan fingerprint density at radius 3 is 2.95 bits per heavy atom. The second-order valence-corrected chi connectivity index (χ2v) is 4.57. The first-order chi connectivity index (χ1) is 10.8. The normalized spacial score (nSPS) is 11.0. The van der Waals surface area contributed by atoms with Crippen LogP contribution < -0.4 is 5.32 Å². The van der Waals surface area contributed by atoms with Crippen molar-refractivity contribution in [3.63, 3.8) is 0 Å². The summed E-state index contributed by atoms with van der Waals surface area (Å²) in [6.07, 6.45) is 5.52. The van der Waals surface area contributed by atoms with Gasteiger partial charge in [0, 0.05) is 25.8 Å². The first-order valence-corrected chi connectivity index (χ1v) is 7.31. The molecule has 6 heteroatoms. The highest BCUT2D eigenvalue weighted by Crippen LogP contribution is 2.04. The van der Waals surface area contributed by atoms with Crippen molar-refractivity contribution in [2.45, 2.75) is 13.3 Å². The lowest BCUT2D eigenvalue weighted by atomic mass is 10.3. The Labute approximate surface area is 129 Å². The maximum Gasteiger partial charge on any atom is 0.244 e. The number of benzene rings is 1. The summed E-state index contributed by atoms with van der Waals surface area (Å²) in [5, 5.41) is 11.2. The number of carbonyl (C=O) groups excluding carboxylic acids is 1. The number of amides is 1. The molecule has 1 N–H and O–H groups in total. The topological polar surface area (TPSA) is 69.0 Å². The van der Waals surface area contributed by atoms with Crippen LogP contribution in [0.15, 0.2) is 42.6 Å². The molecular formula is C16H20N4O2. The Kier molecular flexibility index (Phi) is 6.32. The Morgan fingerprint density at radius 1 is 1.36 bits per heavy atom. The molecule has 0 saturated carbocycles.